The van der Waals surface area contributed by atoms with E-state index < -0.39 is 0 Å². The molecular weight excluding hydrogens is 210 g/mol. The van der Waals surface area contributed by atoms with E-state index in [1.807, 2.05) is 13.0 Å². The van der Waals surface area contributed by atoms with Crippen molar-refractivity contribution in [2.24, 2.45) is 0 Å². The van der Waals surface area contributed by atoms with E-state index in [4.69, 9.17) is 0 Å². The van der Waals surface area contributed by atoms with Gasteiger partial charge in [-0.05, 0) is 20.8 Å². The number of hydrogen-bond acceptors (Lipinski definition) is 3. The Morgan fingerprint density at radius 2 is 1.76 bits per heavy atom. The third-order valence-electron chi connectivity index (χ3n) is 2.52. The molecule has 0 saturated carbocycles. The van der Waals surface area contributed by atoms with Crippen molar-refractivity contribution in [2.45, 2.75) is 20.8 Å². The normalized spacial score (nSPS) is 10.3. The molecule has 0 fully saturated rings. The van der Waals surface area contributed by atoms with Crippen molar-refractivity contribution in [3.8, 4) is 11.4 Å². The molecule has 2 aromatic rings. The van der Waals surface area contributed by atoms with Crippen LogP contribution in [0.4, 0.5) is 5.82 Å². The first-order valence-electron chi connectivity index (χ1n) is 5.85. The summed E-state index contributed by atoms with van der Waals surface area (Å²) in [4.78, 5) is 8.97. The van der Waals surface area contributed by atoms with Crippen LogP contribution < -0.4 is 5.32 Å². The van der Waals surface area contributed by atoms with Crippen molar-refractivity contribution in [1.29, 1.82) is 0 Å². The Balaban J connectivity index is 2.40. The highest BCUT2D eigenvalue weighted by atomic mass is 15.0. The van der Waals surface area contributed by atoms with Crippen LogP contribution in [0.1, 0.15) is 18.2 Å². The van der Waals surface area contributed by atoms with Gasteiger partial charge in [0.05, 0.1) is 0 Å². The topological polar surface area (TPSA) is 37.8 Å². The van der Waals surface area contributed by atoms with Gasteiger partial charge in [-0.15, -0.1) is 0 Å². The van der Waals surface area contributed by atoms with Gasteiger partial charge in [-0.2, -0.15) is 0 Å². The van der Waals surface area contributed by atoms with E-state index in [2.05, 4.69) is 53.4 Å². The molecular formula is C14H17N3. The van der Waals surface area contributed by atoms with Crippen molar-refractivity contribution >= 4 is 5.82 Å². The van der Waals surface area contributed by atoms with Crippen LogP contribution >= 0.6 is 0 Å². The summed E-state index contributed by atoms with van der Waals surface area (Å²) in [6.07, 6.45) is 0. The van der Waals surface area contributed by atoms with Crippen molar-refractivity contribution in [3.05, 3.63) is 41.6 Å². The molecule has 1 aromatic carbocycles. The zero-order chi connectivity index (χ0) is 12.3. The summed E-state index contributed by atoms with van der Waals surface area (Å²) in [5, 5.41) is 3.22. The van der Waals surface area contributed by atoms with E-state index in [9.17, 15) is 0 Å². The van der Waals surface area contributed by atoms with Gasteiger partial charge >= 0.3 is 0 Å². The van der Waals surface area contributed by atoms with Gasteiger partial charge in [0.25, 0.3) is 0 Å². The first-order chi connectivity index (χ1) is 8.19. The minimum absolute atomic E-state index is 0.779. The van der Waals surface area contributed by atoms with Crippen molar-refractivity contribution in [3.63, 3.8) is 0 Å². The average Bonchev–Trinajstić information content (AvgIpc) is 2.29. The first kappa shape index (κ1) is 11.6. The van der Waals surface area contributed by atoms with E-state index in [0.717, 1.165) is 29.4 Å². The molecule has 88 valence electrons. The van der Waals surface area contributed by atoms with Crippen LogP contribution in [0, 0.1) is 13.8 Å². The Morgan fingerprint density at radius 1 is 1.06 bits per heavy atom. The molecule has 0 radical (unpaired) electrons. The minimum atomic E-state index is 0.779. The van der Waals surface area contributed by atoms with Gasteiger partial charge in [0, 0.05) is 23.9 Å². The molecule has 3 heteroatoms. The van der Waals surface area contributed by atoms with Gasteiger partial charge in [-0.1, -0.05) is 29.8 Å². The Hall–Kier alpha value is -1.90. The van der Waals surface area contributed by atoms with Crippen LogP contribution in [-0.4, -0.2) is 16.5 Å². The summed E-state index contributed by atoms with van der Waals surface area (Å²) in [6.45, 7) is 6.98. The lowest BCUT2D eigenvalue weighted by Crippen LogP contribution is -2.02. The maximum absolute atomic E-state index is 4.50. The maximum Gasteiger partial charge on any atom is 0.161 e. The largest absolute Gasteiger partial charge is 0.370 e. The van der Waals surface area contributed by atoms with E-state index in [1.165, 1.54) is 5.56 Å². The highest BCUT2D eigenvalue weighted by Gasteiger charge is 2.04. The second-order valence-corrected chi connectivity index (χ2v) is 4.11. The Labute approximate surface area is 102 Å². The average molecular weight is 227 g/mol. The fourth-order valence-electron chi connectivity index (χ4n) is 1.67. The molecule has 0 unspecified atom stereocenters. The number of rotatable bonds is 3. The monoisotopic (exact) mass is 227 g/mol. The maximum atomic E-state index is 4.50. The lowest BCUT2D eigenvalue weighted by molar-refractivity contribution is 1.08. The summed E-state index contributed by atoms with van der Waals surface area (Å²) in [5.41, 5.74) is 3.28. The van der Waals surface area contributed by atoms with Crippen LogP contribution in [0.3, 0.4) is 0 Å². The van der Waals surface area contributed by atoms with Crippen molar-refractivity contribution in [2.75, 3.05) is 11.9 Å². The molecule has 0 amide bonds. The molecule has 1 aromatic heterocycles. The van der Waals surface area contributed by atoms with Crippen LogP contribution in [0.2, 0.25) is 0 Å². The predicted molar refractivity (Wildman–Crippen MR) is 71.1 cm³/mol. The number of benzene rings is 1. The highest BCUT2D eigenvalue weighted by molar-refractivity contribution is 5.57. The fourth-order valence-corrected chi connectivity index (χ4v) is 1.67. The Bertz CT molecular complexity index is 503. The zero-order valence-corrected chi connectivity index (χ0v) is 10.5. The van der Waals surface area contributed by atoms with Crippen molar-refractivity contribution in [1.82, 2.24) is 9.97 Å². The zero-order valence-electron chi connectivity index (χ0n) is 10.5. The van der Waals surface area contributed by atoms with Gasteiger partial charge in [-0.25, -0.2) is 9.97 Å². The molecule has 2 rings (SSSR count). The van der Waals surface area contributed by atoms with E-state index in [0.29, 0.717) is 0 Å². The van der Waals surface area contributed by atoms with E-state index in [-0.39, 0.29) is 0 Å². The molecule has 0 bridgehead atoms. The van der Waals surface area contributed by atoms with E-state index >= 15 is 0 Å². The highest BCUT2D eigenvalue weighted by Crippen LogP contribution is 2.18. The van der Waals surface area contributed by atoms with Gasteiger partial charge < -0.3 is 5.32 Å². The lowest BCUT2D eigenvalue weighted by Gasteiger charge is -2.07. The Morgan fingerprint density at radius 3 is 2.41 bits per heavy atom. The first-order valence-corrected chi connectivity index (χ1v) is 5.85. The van der Waals surface area contributed by atoms with Crippen LogP contribution in [0.15, 0.2) is 30.3 Å². The summed E-state index contributed by atoms with van der Waals surface area (Å²) in [7, 11) is 0. The number of aryl methyl sites for hydroxylation is 2. The molecule has 1 N–H and O–H groups in total. The second kappa shape index (κ2) is 4.95. The van der Waals surface area contributed by atoms with Gasteiger partial charge in [0.15, 0.2) is 5.82 Å². The summed E-state index contributed by atoms with van der Waals surface area (Å²) >= 11 is 0. The number of aromatic nitrogens is 2. The van der Waals surface area contributed by atoms with Gasteiger partial charge in [-0.3, -0.25) is 0 Å². The molecule has 0 aliphatic heterocycles. The quantitative estimate of drug-likeness (QED) is 0.875. The van der Waals surface area contributed by atoms with Gasteiger partial charge in [0.1, 0.15) is 5.82 Å². The molecule has 0 aliphatic carbocycles. The number of nitrogens with zero attached hydrogens (tertiary/aromatic N) is 2. The summed E-state index contributed by atoms with van der Waals surface area (Å²) in [5.74, 6) is 1.66. The molecule has 3 nitrogen and oxygen atoms in total. The molecule has 17 heavy (non-hydrogen) atoms. The third-order valence-corrected chi connectivity index (χ3v) is 2.52. The van der Waals surface area contributed by atoms with Crippen molar-refractivity contribution < 1.29 is 0 Å². The summed E-state index contributed by atoms with van der Waals surface area (Å²) in [6, 6.07) is 10.2. The standard InChI is InChI=1S/C14H17N3/c1-4-15-13-9-11(3)16-14(17-13)12-7-5-10(2)6-8-12/h5-9H,4H2,1-3H3,(H,15,16,17). The molecule has 0 spiro atoms. The second-order valence-electron chi connectivity index (χ2n) is 4.11. The van der Waals surface area contributed by atoms with Gasteiger partial charge in [0.2, 0.25) is 0 Å². The Kier molecular flexibility index (Phi) is 3.38. The third kappa shape index (κ3) is 2.81. The van der Waals surface area contributed by atoms with Crippen LogP contribution in [0.25, 0.3) is 11.4 Å². The molecule has 0 aliphatic rings. The fraction of sp³-hybridized carbons (Fsp3) is 0.286. The molecule has 0 atom stereocenters. The predicted octanol–water partition coefficient (Wildman–Crippen LogP) is 3.19. The lowest BCUT2D eigenvalue weighted by atomic mass is 10.1. The van der Waals surface area contributed by atoms with Crippen LogP contribution in [-0.2, 0) is 0 Å². The van der Waals surface area contributed by atoms with E-state index in [1.54, 1.807) is 0 Å². The minimum Gasteiger partial charge on any atom is -0.370 e. The molecule has 0 saturated heterocycles. The number of hydrogen-bond donors (Lipinski definition) is 1. The summed E-state index contributed by atoms with van der Waals surface area (Å²) < 4.78 is 0. The SMILES string of the molecule is CCNc1cc(C)nc(-c2ccc(C)cc2)n1. The molecule has 1 heterocycles. The number of nitrogens with one attached hydrogen (secondary N) is 1. The number of anilines is 1. The van der Waals surface area contributed by atoms with Crippen LogP contribution in [0.5, 0.6) is 0 Å². The smallest absolute Gasteiger partial charge is 0.161 e.